The van der Waals surface area contributed by atoms with Crippen molar-refractivity contribution in [2.75, 3.05) is 0 Å². The highest BCUT2D eigenvalue weighted by Crippen LogP contribution is 2.33. The van der Waals surface area contributed by atoms with Crippen LogP contribution in [0.25, 0.3) is 0 Å². The quantitative estimate of drug-likeness (QED) is 0.808. The average molecular weight is 275 g/mol. The molecule has 1 heterocycles. The Morgan fingerprint density at radius 2 is 2.05 bits per heavy atom. The predicted octanol–water partition coefficient (Wildman–Crippen LogP) is 2.55. The highest BCUT2D eigenvalue weighted by atomic mass is 19.4. The number of hydrogen-bond acceptors (Lipinski definition) is 3. The number of hydrogen-bond donors (Lipinski definition) is 0. The van der Waals surface area contributed by atoms with Crippen LogP contribution < -0.4 is 4.74 Å². The Hall–Kier alpha value is -2.12. The zero-order valence-corrected chi connectivity index (χ0v) is 9.78. The molecule has 0 saturated carbocycles. The fourth-order valence-corrected chi connectivity index (χ4v) is 1.41. The molecular formula is C11H9F4N3O. The molecule has 1 aromatic carbocycles. The van der Waals surface area contributed by atoms with Crippen molar-refractivity contribution in [2.45, 2.75) is 12.8 Å². The molecule has 0 amide bonds. The summed E-state index contributed by atoms with van der Waals surface area (Å²) < 4.78 is 57.1. The van der Waals surface area contributed by atoms with E-state index in [9.17, 15) is 17.6 Å². The molecule has 0 unspecified atom stereocenters. The van der Waals surface area contributed by atoms with Crippen LogP contribution in [-0.2, 0) is 19.8 Å². The molecule has 19 heavy (non-hydrogen) atoms. The maximum Gasteiger partial charge on any atom is 0.419 e. The number of rotatable bonds is 3. The van der Waals surface area contributed by atoms with E-state index in [1.165, 1.54) is 11.0 Å². The minimum atomic E-state index is -4.76. The summed E-state index contributed by atoms with van der Waals surface area (Å²) in [7, 11) is 1.62. The topological polar surface area (TPSA) is 39.9 Å². The van der Waals surface area contributed by atoms with Gasteiger partial charge in [-0.1, -0.05) is 0 Å². The van der Waals surface area contributed by atoms with E-state index in [-0.39, 0.29) is 12.4 Å². The Morgan fingerprint density at radius 3 is 2.63 bits per heavy atom. The summed E-state index contributed by atoms with van der Waals surface area (Å²) >= 11 is 0. The van der Waals surface area contributed by atoms with Crippen molar-refractivity contribution >= 4 is 0 Å². The summed E-state index contributed by atoms with van der Waals surface area (Å²) in [5.74, 6) is -0.979. The predicted molar refractivity (Wildman–Crippen MR) is 56.7 cm³/mol. The molecular weight excluding hydrogens is 266 g/mol. The van der Waals surface area contributed by atoms with Gasteiger partial charge in [-0.25, -0.2) is 9.37 Å². The third-order valence-corrected chi connectivity index (χ3v) is 2.42. The van der Waals surface area contributed by atoms with E-state index in [4.69, 9.17) is 4.74 Å². The van der Waals surface area contributed by atoms with E-state index in [1.54, 1.807) is 7.05 Å². The van der Waals surface area contributed by atoms with Gasteiger partial charge in [-0.2, -0.15) is 18.3 Å². The summed E-state index contributed by atoms with van der Waals surface area (Å²) in [5.41, 5.74) is -1.36. The van der Waals surface area contributed by atoms with Crippen molar-refractivity contribution < 1.29 is 22.3 Å². The van der Waals surface area contributed by atoms with E-state index in [1.807, 2.05) is 0 Å². The second-order valence-electron chi connectivity index (χ2n) is 3.73. The highest BCUT2D eigenvalue weighted by Gasteiger charge is 2.34. The van der Waals surface area contributed by atoms with Gasteiger partial charge < -0.3 is 4.74 Å². The van der Waals surface area contributed by atoms with Crippen LogP contribution >= 0.6 is 0 Å². The van der Waals surface area contributed by atoms with Crippen LogP contribution in [0, 0.1) is 5.82 Å². The fraction of sp³-hybridized carbons (Fsp3) is 0.273. The minimum Gasteiger partial charge on any atom is -0.486 e. The first-order valence-corrected chi connectivity index (χ1v) is 5.20. The Morgan fingerprint density at radius 1 is 1.32 bits per heavy atom. The lowest BCUT2D eigenvalue weighted by atomic mass is 10.2. The lowest BCUT2D eigenvalue weighted by Gasteiger charge is -2.11. The van der Waals surface area contributed by atoms with Gasteiger partial charge in [0.2, 0.25) is 0 Å². The van der Waals surface area contributed by atoms with E-state index in [0.717, 1.165) is 12.1 Å². The SMILES string of the molecule is Cn1ncnc1COc1ccc(F)c(C(F)(F)F)c1. The van der Waals surface area contributed by atoms with Crippen molar-refractivity contribution in [1.82, 2.24) is 14.8 Å². The van der Waals surface area contributed by atoms with Crippen LogP contribution in [-0.4, -0.2) is 14.8 Å². The van der Waals surface area contributed by atoms with Gasteiger partial charge in [-0.3, -0.25) is 4.68 Å². The zero-order chi connectivity index (χ0) is 14.0. The molecule has 1 aromatic heterocycles. The van der Waals surface area contributed by atoms with Gasteiger partial charge in [0.15, 0.2) is 5.82 Å². The molecule has 2 aromatic rings. The summed E-state index contributed by atoms with van der Waals surface area (Å²) in [5, 5.41) is 3.79. The molecule has 0 aliphatic heterocycles. The number of nitrogens with zero attached hydrogens (tertiary/aromatic N) is 3. The standard InChI is InChI=1S/C11H9F4N3O/c1-18-10(16-6-17-18)5-19-7-2-3-9(12)8(4-7)11(13,14)15/h2-4,6H,5H2,1H3. The molecule has 0 spiro atoms. The largest absolute Gasteiger partial charge is 0.486 e. The number of halogens is 4. The van der Waals surface area contributed by atoms with Crippen LogP contribution in [0.5, 0.6) is 5.75 Å². The van der Waals surface area contributed by atoms with Crippen LogP contribution in [0.1, 0.15) is 11.4 Å². The highest BCUT2D eigenvalue weighted by molar-refractivity contribution is 5.31. The first kappa shape index (κ1) is 13.3. The molecule has 0 radical (unpaired) electrons. The minimum absolute atomic E-state index is 0.0561. The Labute approximate surface area is 105 Å². The van der Waals surface area contributed by atoms with Crippen LogP contribution in [0.2, 0.25) is 0 Å². The Bertz CT molecular complexity index is 580. The lowest BCUT2D eigenvalue weighted by Crippen LogP contribution is -2.09. The Balaban J connectivity index is 2.16. The molecule has 8 heteroatoms. The van der Waals surface area contributed by atoms with E-state index in [0.29, 0.717) is 11.9 Å². The first-order valence-electron chi connectivity index (χ1n) is 5.20. The second-order valence-corrected chi connectivity index (χ2v) is 3.73. The van der Waals surface area contributed by atoms with E-state index < -0.39 is 17.6 Å². The van der Waals surface area contributed by atoms with Gasteiger partial charge in [0.25, 0.3) is 0 Å². The summed E-state index contributed by atoms with van der Waals surface area (Å²) in [6, 6.07) is 2.46. The number of alkyl halides is 3. The van der Waals surface area contributed by atoms with Crippen LogP contribution in [0.4, 0.5) is 17.6 Å². The van der Waals surface area contributed by atoms with Gasteiger partial charge in [0.1, 0.15) is 24.5 Å². The molecule has 0 saturated heterocycles. The monoisotopic (exact) mass is 275 g/mol. The fourth-order valence-electron chi connectivity index (χ4n) is 1.41. The number of aryl methyl sites for hydroxylation is 1. The molecule has 0 N–H and O–H groups in total. The van der Waals surface area contributed by atoms with Crippen molar-refractivity contribution in [3.63, 3.8) is 0 Å². The van der Waals surface area contributed by atoms with Crippen molar-refractivity contribution in [3.05, 3.63) is 41.7 Å². The third-order valence-electron chi connectivity index (χ3n) is 2.42. The smallest absolute Gasteiger partial charge is 0.419 e. The van der Waals surface area contributed by atoms with Crippen molar-refractivity contribution in [3.8, 4) is 5.75 Å². The van der Waals surface area contributed by atoms with Crippen LogP contribution in [0.3, 0.4) is 0 Å². The second kappa shape index (κ2) is 4.87. The molecule has 0 aliphatic carbocycles. The van der Waals surface area contributed by atoms with Gasteiger partial charge in [-0.15, -0.1) is 0 Å². The van der Waals surface area contributed by atoms with Crippen LogP contribution in [0.15, 0.2) is 24.5 Å². The molecule has 4 nitrogen and oxygen atoms in total. The number of aromatic nitrogens is 3. The normalized spacial score (nSPS) is 11.6. The average Bonchev–Trinajstić information content (AvgIpc) is 2.72. The maximum atomic E-state index is 13.0. The third kappa shape index (κ3) is 3.01. The van der Waals surface area contributed by atoms with E-state index in [2.05, 4.69) is 10.1 Å². The molecule has 0 fully saturated rings. The molecule has 2 rings (SSSR count). The summed E-state index contributed by atoms with van der Waals surface area (Å²) in [6.45, 7) is -0.0561. The van der Waals surface area contributed by atoms with Gasteiger partial charge in [0.05, 0.1) is 5.56 Å². The maximum absolute atomic E-state index is 13.0. The van der Waals surface area contributed by atoms with Gasteiger partial charge in [-0.05, 0) is 18.2 Å². The summed E-state index contributed by atoms with van der Waals surface area (Å²) in [6.07, 6.45) is -3.46. The number of ether oxygens (including phenoxy) is 1. The molecule has 0 atom stereocenters. The first-order chi connectivity index (χ1) is 8.88. The number of benzene rings is 1. The summed E-state index contributed by atoms with van der Waals surface area (Å²) in [4.78, 5) is 3.85. The van der Waals surface area contributed by atoms with Crippen molar-refractivity contribution in [1.29, 1.82) is 0 Å². The zero-order valence-electron chi connectivity index (χ0n) is 9.78. The molecule has 102 valence electrons. The van der Waals surface area contributed by atoms with E-state index >= 15 is 0 Å². The Kier molecular flexibility index (Phi) is 3.41. The van der Waals surface area contributed by atoms with Gasteiger partial charge in [0, 0.05) is 7.05 Å². The molecule has 0 aliphatic rings. The molecule has 0 bridgehead atoms. The lowest BCUT2D eigenvalue weighted by molar-refractivity contribution is -0.140. The van der Waals surface area contributed by atoms with Crippen molar-refractivity contribution in [2.24, 2.45) is 7.05 Å². The van der Waals surface area contributed by atoms with Gasteiger partial charge >= 0.3 is 6.18 Å².